The van der Waals surface area contributed by atoms with Crippen LogP contribution in [-0.2, 0) is 14.4 Å². The molecule has 2 amide bonds. The summed E-state index contributed by atoms with van der Waals surface area (Å²) in [6.45, 7) is 6.72. The quantitative estimate of drug-likeness (QED) is 0.611. The van der Waals surface area contributed by atoms with Crippen molar-refractivity contribution in [2.24, 2.45) is 5.41 Å². The molecule has 6 heteroatoms. The van der Waals surface area contributed by atoms with E-state index in [0.29, 0.717) is 13.0 Å². The molecule has 21 heavy (non-hydrogen) atoms. The second-order valence-electron chi connectivity index (χ2n) is 6.73. The van der Waals surface area contributed by atoms with Crippen molar-refractivity contribution in [2.45, 2.75) is 33.2 Å². The van der Waals surface area contributed by atoms with Gasteiger partial charge in [-0.05, 0) is 14.1 Å². The molecule has 0 saturated heterocycles. The molecule has 0 spiro atoms. The zero-order valence-corrected chi connectivity index (χ0v) is 14.3. The third kappa shape index (κ3) is 6.71. The standard InChI is InChI=1S/C15H29N3O3/c1-15(2,3)13(20)10-12(18(7)11-19)14(21)17(6)9-8-16(4)5/h11-12H,8-10H2,1-7H3. The molecule has 0 heterocycles. The summed E-state index contributed by atoms with van der Waals surface area (Å²) in [5.41, 5.74) is -0.523. The molecule has 0 aromatic carbocycles. The van der Waals surface area contributed by atoms with Crippen molar-refractivity contribution < 1.29 is 14.4 Å². The molecule has 6 nitrogen and oxygen atoms in total. The summed E-state index contributed by atoms with van der Waals surface area (Å²) in [4.78, 5) is 40.5. The Morgan fingerprint density at radius 2 is 1.57 bits per heavy atom. The number of likely N-dealkylation sites (N-methyl/N-ethyl adjacent to an activating group) is 3. The number of Topliss-reactive ketones (excluding diaryl/α,β-unsaturated/α-hetero) is 1. The van der Waals surface area contributed by atoms with E-state index < -0.39 is 11.5 Å². The Kier molecular flexibility index (Phi) is 7.57. The van der Waals surface area contributed by atoms with Crippen LogP contribution < -0.4 is 0 Å². The van der Waals surface area contributed by atoms with Gasteiger partial charge in [0.15, 0.2) is 0 Å². The molecular formula is C15H29N3O3. The van der Waals surface area contributed by atoms with Gasteiger partial charge in [-0.15, -0.1) is 0 Å². The van der Waals surface area contributed by atoms with Gasteiger partial charge in [0.05, 0.1) is 0 Å². The Labute approximate surface area is 128 Å². The SMILES string of the molecule is CN(C)CCN(C)C(=O)C(CC(=O)C(C)(C)C)N(C)C=O. The highest BCUT2D eigenvalue weighted by Gasteiger charge is 2.32. The van der Waals surface area contributed by atoms with Crippen LogP contribution >= 0.6 is 0 Å². The molecule has 0 radical (unpaired) electrons. The lowest BCUT2D eigenvalue weighted by Crippen LogP contribution is -2.48. The van der Waals surface area contributed by atoms with E-state index >= 15 is 0 Å². The second-order valence-corrected chi connectivity index (χ2v) is 6.73. The normalized spacial score (nSPS) is 13.0. The lowest BCUT2D eigenvalue weighted by Gasteiger charge is -2.30. The van der Waals surface area contributed by atoms with Crippen LogP contribution in [0.4, 0.5) is 0 Å². The minimum atomic E-state index is -0.735. The lowest BCUT2D eigenvalue weighted by molar-refractivity contribution is -0.142. The third-order valence-electron chi connectivity index (χ3n) is 3.42. The fourth-order valence-corrected chi connectivity index (χ4v) is 1.68. The maximum atomic E-state index is 12.5. The fourth-order valence-electron chi connectivity index (χ4n) is 1.68. The summed E-state index contributed by atoms with van der Waals surface area (Å²) in [5.74, 6) is -0.236. The Balaban J connectivity index is 4.94. The predicted molar refractivity (Wildman–Crippen MR) is 82.9 cm³/mol. The Morgan fingerprint density at radius 3 is 1.95 bits per heavy atom. The average molecular weight is 299 g/mol. The molecule has 0 aliphatic rings. The first-order valence-corrected chi connectivity index (χ1v) is 7.11. The molecule has 0 bridgehead atoms. The van der Waals surface area contributed by atoms with Crippen molar-refractivity contribution in [1.82, 2.24) is 14.7 Å². The van der Waals surface area contributed by atoms with E-state index in [1.54, 1.807) is 11.9 Å². The highest BCUT2D eigenvalue weighted by molar-refractivity contribution is 5.92. The first-order valence-electron chi connectivity index (χ1n) is 7.11. The maximum Gasteiger partial charge on any atom is 0.245 e. The summed E-state index contributed by atoms with van der Waals surface area (Å²) < 4.78 is 0. The van der Waals surface area contributed by atoms with Crippen molar-refractivity contribution in [3.63, 3.8) is 0 Å². The van der Waals surface area contributed by atoms with Crippen LogP contribution in [0.3, 0.4) is 0 Å². The number of ketones is 1. The van der Waals surface area contributed by atoms with E-state index in [-0.39, 0.29) is 18.1 Å². The van der Waals surface area contributed by atoms with Gasteiger partial charge < -0.3 is 14.7 Å². The van der Waals surface area contributed by atoms with Gasteiger partial charge in [-0.25, -0.2) is 0 Å². The molecule has 0 aromatic heterocycles. The third-order valence-corrected chi connectivity index (χ3v) is 3.42. The van der Waals surface area contributed by atoms with Gasteiger partial charge in [0.2, 0.25) is 12.3 Å². The van der Waals surface area contributed by atoms with Crippen LogP contribution in [0.2, 0.25) is 0 Å². The lowest BCUT2D eigenvalue weighted by atomic mass is 9.86. The summed E-state index contributed by atoms with van der Waals surface area (Å²) in [5, 5.41) is 0. The number of carbonyl (C=O) groups is 3. The van der Waals surface area contributed by atoms with E-state index in [1.807, 2.05) is 39.8 Å². The molecular weight excluding hydrogens is 270 g/mol. The topological polar surface area (TPSA) is 60.9 Å². The number of carbonyl (C=O) groups excluding carboxylic acids is 3. The summed E-state index contributed by atoms with van der Waals surface area (Å²) in [6.07, 6.45) is 0.641. The van der Waals surface area contributed by atoms with Gasteiger partial charge in [-0.1, -0.05) is 20.8 Å². The van der Waals surface area contributed by atoms with Crippen LogP contribution in [0.1, 0.15) is 27.2 Å². The van der Waals surface area contributed by atoms with E-state index in [4.69, 9.17) is 0 Å². The van der Waals surface area contributed by atoms with Crippen LogP contribution in [-0.4, -0.2) is 80.1 Å². The number of hydrogen-bond acceptors (Lipinski definition) is 4. The van der Waals surface area contributed by atoms with Crippen molar-refractivity contribution in [3.05, 3.63) is 0 Å². The number of hydrogen-bond donors (Lipinski definition) is 0. The van der Waals surface area contributed by atoms with E-state index in [2.05, 4.69) is 0 Å². The molecule has 1 unspecified atom stereocenters. The molecule has 0 aromatic rings. The van der Waals surface area contributed by atoms with Crippen molar-refractivity contribution in [3.8, 4) is 0 Å². The summed E-state index contributed by atoms with van der Waals surface area (Å²) >= 11 is 0. The minimum absolute atomic E-state index is 0.0319. The summed E-state index contributed by atoms with van der Waals surface area (Å²) in [7, 11) is 7.08. The molecule has 0 saturated carbocycles. The van der Waals surface area contributed by atoms with Gasteiger partial charge in [-0.2, -0.15) is 0 Å². The van der Waals surface area contributed by atoms with Gasteiger partial charge in [-0.3, -0.25) is 14.4 Å². The Bertz CT molecular complexity index is 375. The van der Waals surface area contributed by atoms with Crippen molar-refractivity contribution >= 4 is 18.1 Å². The van der Waals surface area contributed by atoms with Gasteiger partial charge >= 0.3 is 0 Å². The zero-order chi connectivity index (χ0) is 16.8. The molecule has 1 atom stereocenters. The van der Waals surface area contributed by atoms with Gasteiger partial charge in [0.1, 0.15) is 11.8 Å². The smallest absolute Gasteiger partial charge is 0.245 e. The van der Waals surface area contributed by atoms with Crippen LogP contribution in [0.25, 0.3) is 0 Å². The van der Waals surface area contributed by atoms with E-state index in [9.17, 15) is 14.4 Å². The fraction of sp³-hybridized carbons (Fsp3) is 0.800. The van der Waals surface area contributed by atoms with Crippen LogP contribution in [0.15, 0.2) is 0 Å². The Hall–Kier alpha value is -1.43. The van der Waals surface area contributed by atoms with Gasteiger partial charge in [0.25, 0.3) is 0 Å². The average Bonchev–Trinajstić information content (AvgIpc) is 2.38. The minimum Gasteiger partial charge on any atom is -0.343 e. The molecule has 0 N–H and O–H groups in total. The summed E-state index contributed by atoms with van der Waals surface area (Å²) in [6, 6.07) is -0.735. The van der Waals surface area contributed by atoms with Crippen LogP contribution in [0, 0.1) is 5.41 Å². The largest absolute Gasteiger partial charge is 0.343 e. The predicted octanol–water partition coefficient (Wildman–Crippen LogP) is 0.469. The maximum absolute atomic E-state index is 12.5. The van der Waals surface area contributed by atoms with E-state index in [1.165, 1.54) is 11.9 Å². The van der Waals surface area contributed by atoms with Gasteiger partial charge in [0, 0.05) is 39.0 Å². The molecule has 0 aliphatic heterocycles. The van der Waals surface area contributed by atoms with Crippen molar-refractivity contribution in [1.29, 1.82) is 0 Å². The molecule has 122 valence electrons. The Morgan fingerprint density at radius 1 is 1.05 bits per heavy atom. The monoisotopic (exact) mass is 299 g/mol. The molecule has 0 rings (SSSR count). The second kappa shape index (κ2) is 8.12. The number of amides is 2. The first-order chi connectivity index (χ1) is 9.50. The molecule has 0 aliphatic carbocycles. The number of rotatable bonds is 8. The highest BCUT2D eigenvalue weighted by atomic mass is 16.2. The molecule has 0 fully saturated rings. The van der Waals surface area contributed by atoms with Crippen LogP contribution in [0.5, 0.6) is 0 Å². The highest BCUT2D eigenvalue weighted by Crippen LogP contribution is 2.19. The van der Waals surface area contributed by atoms with Crippen molar-refractivity contribution in [2.75, 3.05) is 41.3 Å². The first kappa shape index (κ1) is 19.6. The van der Waals surface area contributed by atoms with E-state index in [0.717, 1.165) is 6.54 Å². The number of nitrogens with zero attached hydrogens (tertiary/aromatic N) is 3. The zero-order valence-electron chi connectivity index (χ0n) is 14.3.